The number of para-hydroxylation sites is 1. The van der Waals surface area contributed by atoms with Crippen molar-refractivity contribution < 1.29 is 9.53 Å². The average molecular weight is 399 g/mol. The Labute approximate surface area is 172 Å². The Morgan fingerprint density at radius 3 is 2.83 bits per heavy atom. The van der Waals surface area contributed by atoms with Gasteiger partial charge in [-0.3, -0.25) is 5.10 Å². The van der Waals surface area contributed by atoms with Crippen molar-refractivity contribution in [3.05, 3.63) is 65.9 Å². The number of nitrogens with one attached hydrogen (secondary N) is 2. The number of H-pyrrole nitrogens is 1. The zero-order valence-electron chi connectivity index (χ0n) is 16.3. The highest BCUT2D eigenvalue weighted by Gasteiger charge is 2.26. The SMILES string of the molecule is COC(=O)c1cccc(Nc2nc([N]c3cc(C4CC4)n[nH]3)c3ccccc3n2)c1. The maximum absolute atomic E-state index is 11.8. The van der Waals surface area contributed by atoms with E-state index in [1.165, 1.54) is 20.0 Å². The number of nitrogens with zero attached hydrogens (tertiary/aromatic N) is 4. The Morgan fingerprint density at radius 1 is 1.13 bits per heavy atom. The molecule has 8 heteroatoms. The first-order valence-electron chi connectivity index (χ1n) is 9.69. The van der Waals surface area contributed by atoms with E-state index in [2.05, 4.69) is 30.8 Å². The summed E-state index contributed by atoms with van der Waals surface area (Å²) in [6.07, 6.45) is 2.36. The standard InChI is InChI=1S/C22H19N6O2/c1-30-21(29)14-5-4-6-15(11-14)23-22-24-17-8-3-2-7-16(17)20(26-22)25-19-12-18(27-28-19)13-9-10-13/h2-8,11-13H,9-10H2,1H3,(H,27,28)(H,23,24,26). The molecule has 5 rings (SSSR count). The number of ether oxygens (including phenoxy) is 1. The summed E-state index contributed by atoms with van der Waals surface area (Å²) in [4.78, 5) is 21.0. The summed E-state index contributed by atoms with van der Waals surface area (Å²) in [5.74, 6) is 1.74. The smallest absolute Gasteiger partial charge is 0.337 e. The molecule has 149 valence electrons. The van der Waals surface area contributed by atoms with Crippen molar-refractivity contribution in [2.45, 2.75) is 18.8 Å². The van der Waals surface area contributed by atoms with Gasteiger partial charge in [-0.1, -0.05) is 18.2 Å². The van der Waals surface area contributed by atoms with Crippen LogP contribution in [0.3, 0.4) is 0 Å². The van der Waals surface area contributed by atoms with Crippen LogP contribution in [0.15, 0.2) is 54.6 Å². The highest BCUT2D eigenvalue weighted by atomic mass is 16.5. The average Bonchev–Trinajstić information content (AvgIpc) is 3.52. The third-order valence-electron chi connectivity index (χ3n) is 4.93. The Bertz CT molecular complexity index is 1230. The molecule has 2 N–H and O–H groups in total. The molecule has 30 heavy (non-hydrogen) atoms. The van der Waals surface area contributed by atoms with Gasteiger partial charge in [-0.25, -0.2) is 15.1 Å². The summed E-state index contributed by atoms with van der Waals surface area (Å²) >= 11 is 0. The van der Waals surface area contributed by atoms with E-state index in [0.29, 0.717) is 34.8 Å². The van der Waals surface area contributed by atoms with Crippen LogP contribution in [-0.2, 0) is 4.74 Å². The zero-order chi connectivity index (χ0) is 20.5. The van der Waals surface area contributed by atoms with Crippen molar-refractivity contribution in [2.75, 3.05) is 12.4 Å². The van der Waals surface area contributed by atoms with Crippen molar-refractivity contribution in [3.63, 3.8) is 0 Å². The van der Waals surface area contributed by atoms with Crippen LogP contribution in [0.25, 0.3) is 10.9 Å². The second-order valence-electron chi connectivity index (χ2n) is 7.15. The maximum Gasteiger partial charge on any atom is 0.337 e. The van der Waals surface area contributed by atoms with E-state index in [1.807, 2.05) is 36.4 Å². The first kappa shape index (κ1) is 18.1. The van der Waals surface area contributed by atoms with E-state index in [-0.39, 0.29) is 0 Å². The van der Waals surface area contributed by atoms with Gasteiger partial charge in [0.15, 0.2) is 11.6 Å². The molecule has 0 saturated heterocycles. The molecule has 0 bridgehead atoms. The number of carbonyl (C=O) groups excluding carboxylic acids is 1. The fraction of sp³-hybridized carbons (Fsp3) is 0.182. The summed E-state index contributed by atoms with van der Waals surface area (Å²) in [5, 5.41) is 16.0. The van der Waals surface area contributed by atoms with E-state index in [0.717, 1.165) is 16.6 Å². The molecule has 1 aliphatic rings. The topological polar surface area (TPSA) is 107 Å². The number of carbonyl (C=O) groups is 1. The number of hydrogen-bond donors (Lipinski definition) is 2. The fourth-order valence-corrected chi connectivity index (χ4v) is 3.26. The molecule has 1 aliphatic carbocycles. The molecule has 0 atom stereocenters. The lowest BCUT2D eigenvalue weighted by atomic mass is 10.2. The molecule has 0 unspecified atom stereocenters. The van der Waals surface area contributed by atoms with Crippen LogP contribution >= 0.6 is 0 Å². The van der Waals surface area contributed by atoms with Gasteiger partial charge in [0.05, 0.1) is 23.9 Å². The third kappa shape index (κ3) is 3.67. The molecule has 2 aromatic carbocycles. The van der Waals surface area contributed by atoms with Gasteiger partial charge in [0.2, 0.25) is 5.95 Å². The third-order valence-corrected chi connectivity index (χ3v) is 4.93. The Balaban J connectivity index is 1.47. The molecule has 4 aromatic rings. The number of hydrogen-bond acceptors (Lipinski definition) is 6. The van der Waals surface area contributed by atoms with Gasteiger partial charge in [-0.05, 0) is 43.2 Å². The first-order valence-corrected chi connectivity index (χ1v) is 9.69. The van der Waals surface area contributed by atoms with E-state index in [1.54, 1.807) is 18.2 Å². The summed E-state index contributed by atoms with van der Waals surface area (Å²) in [6, 6.07) is 16.7. The van der Waals surface area contributed by atoms with E-state index >= 15 is 0 Å². The maximum atomic E-state index is 11.8. The van der Waals surface area contributed by atoms with Crippen LogP contribution in [0, 0.1) is 0 Å². The minimum absolute atomic E-state index is 0.386. The summed E-state index contributed by atoms with van der Waals surface area (Å²) < 4.78 is 4.79. The fourth-order valence-electron chi connectivity index (χ4n) is 3.26. The monoisotopic (exact) mass is 399 g/mol. The number of aromatic nitrogens is 4. The Kier molecular flexibility index (Phi) is 4.51. The van der Waals surface area contributed by atoms with E-state index in [9.17, 15) is 4.79 Å². The van der Waals surface area contributed by atoms with Gasteiger partial charge in [0, 0.05) is 23.1 Å². The lowest BCUT2D eigenvalue weighted by Crippen LogP contribution is -2.04. The largest absolute Gasteiger partial charge is 0.465 e. The number of methoxy groups -OCH3 is 1. The van der Waals surface area contributed by atoms with Gasteiger partial charge in [0.25, 0.3) is 0 Å². The van der Waals surface area contributed by atoms with Crippen molar-refractivity contribution in [2.24, 2.45) is 0 Å². The zero-order valence-corrected chi connectivity index (χ0v) is 16.3. The molecule has 0 spiro atoms. The molecule has 0 amide bonds. The summed E-state index contributed by atoms with van der Waals surface area (Å²) in [5.41, 5.74) is 2.93. The highest BCUT2D eigenvalue weighted by molar-refractivity contribution is 5.91. The van der Waals surface area contributed by atoms with E-state index in [4.69, 9.17) is 4.74 Å². The Hall–Kier alpha value is -3.94. The Morgan fingerprint density at radius 2 is 2.00 bits per heavy atom. The van der Waals surface area contributed by atoms with Crippen LogP contribution in [0.4, 0.5) is 23.3 Å². The number of benzene rings is 2. The predicted molar refractivity (Wildman–Crippen MR) is 113 cm³/mol. The molecule has 8 nitrogen and oxygen atoms in total. The quantitative estimate of drug-likeness (QED) is 0.467. The van der Waals surface area contributed by atoms with Crippen molar-refractivity contribution in [3.8, 4) is 0 Å². The molecule has 1 radical (unpaired) electrons. The van der Waals surface area contributed by atoms with Crippen molar-refractivity contribution in [1.29, 1.82) is 0 Å². The van der Waals surface area contributed by atoms with Gasteiger partial charge in [-0.15, -0.1) is 0 Å². The molecule has 1 saturated carbocycles. The minimum Gasteiger partial charge on any atom is -0.465 e. The van der Waals surface area contributed by atoms with Crippen molar-refractivity contribution in [1.82, 2.24) is 25.5 Å². The summed E-state index contributed by atoms with van der Waals surface area (Å²) in [7, 11) is 1.35. The second kappa shape index (κ2) is 7.47. The normalized spacial score (nSPS) is 13.2. The first-order chi connectivity index (χ1) is 14.7. The minimum atomic E-state index is -0.403. The van der Waals surface area contributed by atoms with Gasteiger partial charge in [-0.2, -0.15) is 10.1 Å². The van der Waals surface area contributed by atoms with E-state index < -0.39 is 5.97 Å². The predicted octanol–water partition coefficient (Wildman–Crippen LogP) is 4.33. The van der Waals surface area contributed by atoms with Crippen molar-refractivity contribution >= 4 is 40.1 Å². The summed E-state index contributed by atoms with van der Waals surface area (Å²) in [6.45, 7) is 0. The molecule has 1 fully saturated rings. The molecule has 2 aromatic heterocycles. The van der Waals surface area contributed by atoms with Crippen LogP contribution in [0.5, 0.6) is 0 Å². The van der Waals surface area contributed by atoms with Gasteiger partial charge >= 0.3 is 5.97 Å². The molecular weight excluding hydrogens is 380 g/mol. The van der Waals surface area contributed by atoms with Crippen LogP contribution in [0.2, 0.25) is 0 Å². The van der Waals surface area contributed by atoms with Crippen LogP contribution in [-0.4, -0.2) is 33.2 Å². The lowest BCUT2D eigenvalue weighted by molar-refractivity contribution is 0.0601. The number of esters is 1. The van der Waals surface area contributed by atoms with Gasteiger partial charge in [0.1, 0.15) is 0 Å². The number of fused-ring (bicyclic) bond motifs is 1. The van der Waals surface area contributed by atoms with Crippen LogP contribution < -0.4 is 10.6 Å². The number of anilines is 2. The number of aromatic amines is 1. The molecule has 0 aliphatic heterocycles. The second-order valence-corrected chi connectivity index (χ2v) is 7.15. The molecule has 2 heterocycles. The molecular formula is C22H19N6O2. The lowest BCUT2D eigenvalue weighted by Gasteiger charge is -2.10. The van der Waals surface area contributed by atoms with Crippen LogP contribution in [0.1, 0.15) is 34.8 Å². The highest BCUT2D eigenvalue weighted by Crippen LogP contribution is 2.40. The number of rotatable bonds is 6. The van der Waals surface area contributed by atoms with Gasteiger partial charge < -0.3 is 10.1 Å².